The molecule has 8 nitrogen and oxygen atoms in total. The predicted molar refractivity (Wildman–Crippen MR) is 225 cm³/mol. The van der Waals surface area contributed by atoms with E-state index in [-0.39, 0.29) is 52.3 Å². The summed E-state index contributed by atoms with van der Waals surface area (Å²) in [6.45, 7) is 36.1. The van der Waals surface area contributed by atoms with Crippen molar-refractivity contribution in [1.82, 2.24) is 0 Å². The van der Waals surface area contributed by atoms with E-state index in [2.05, 4.69) is 94.7 Å². The second kappa shape index (κ2) is 17.8. The molecule has 0 aliphatic carbocycles. The van der Waals surface area contributed by atoms with Crippen molar-refractivity contribution in [2.75, 3.05) is 19.5 Å². The summed E-state index contributed by atoms with van der Waals surface area (Å²) in [7, 11) is -6.30. The Morgan fingerprint density at radius 1 is 0.870 bits per heavy atom. The van der Waals surface area contributed by atoms with Gasteiger partial charge in [-0.2, -0.15) is 0 Å². The van der Waals surface area contributed by atoms with E-state index in [1.807, 2.05) is 6.07 Å². The zero-order valence-corrected chi connectivity index (χ0v) is 38.7. The van der Waals surface area contributed by atoms with E-state index >= 15 is 0 Å². The van der Waals surface area contributed by atoms with Gasteiger partial charge in [-0.15, -0.1) is 0 Å². The van der Waals surface area contributed by atoms with Gasteiger partial charge in [0.05, 0.1) is 66.1 Å². The SMILES string of the molecule is C=C1C(CC2O[C@H](C[C@@H](CO[Si](C)(C)C(C)(C)C)O[Si](C)(C)C(C)(C)C)[C@H](OC)C2CS(=O)(=O)c2ccccc2)O[C@@H](CC[C@@H]2O[C@@H](C)CC2=C)C[C@H]1C. The van der Waals surface area contributed by atoms with Gasteiger partial charge < -0.3 is 27.8 Å². The summed E-state index contributed by atoms with van der Waals surface area (Å²) in [6.07, 6.45) is 3.09. The Kier molecular flexibility index (Phi) is 15.0. The number of hydrogen-bond acceptors (Lipinski definition) is 8. The summed E-state index contributed by atoms with van der Waals surface area (Å²) in [5.41, 5.74) is 2.20. The van der Waals surface area contributed by atoms with Crippen molar-refractivity contribution >= 4 is 26.5 Å². The summed E-state index contributed by atoms with van der Waals surface area (Å²) in [6, 6.07) is 8.71. The molecule has 0 radical (unpaired) electrons. The van der Waals surface area contributed by atoms with Crippen LogP contribution in [0.2, 0.25) is 36.3 Å². The number of methoxy groups -OCH3 is 1. The molecule has 3 fully saturated rings. The molecule has 0 saturated carbocycles. The molecule has 3 saturated heterocycles. The van der Waals surface area contributed by atoms with Gasteiger partial charge in [-0.3, -0.25) is 0 Å². The largest absolute Gasteiger partial charge is 0.414 e. The monoisotopic (exact) mass is 806 g/mol. The summed E-state index contributed by atoms with van der Waals surface area (Å²) >= 11 is 0. The lowest BCUT2D eigenvalue weighted by atomic mass is 9.83. The standard InChI is InChI=1S/C43H74O8SSi2/c1-29-24-33(21-22-37-30(2)23-31(3)48-37)49-38(32(29)4)26-39-36(28-52(44,45)35-19-17-16-18-20-35)41(46-11)40(50-39)25-34(51-54(14,15)43(8,9)10)27-47-53(12,13)42(5,6)7/h16-20,29,31,33-34,36-41H,2,4,21-28H2,1,3,5-15H3/t29-,31+,33+,34+,36?,37+,38?,39?,40-,41-/m1/s1. The van der Waals surface area contributed by atoms with E-state index in [0.29, 0.717) is 24.3 Å². The number of ether oxygens (including phenoxy) is 4. The van der Waals surface area contributed by atoms with Gasteiger partial charge in [0.15, 0.2) is 26.5 Å². The maximum Gasteiger partial charge on any atom is 0.192 e. The third-order valence-corrected chi connectivity index (χ3v) is 24.1. The zero-order valence-electron chi connectivity index (χ0n) is 35.9. The molecule has 1 aromatic rings. The average Bonchev–Trinajstić information content (AvgIpc) is 3.55. The lowest BCUT2D eigenvalue weighted by Crippen LogP contribution is -2.49. The van der Waals surface area contributed by atoms with Gasteiger partial charge in [-0.1, -0.05) is 79.8 Å². The molecular formula is C43H74O8SSi2. The Bertz CT molecular complexity index is 1520. The van der Waals surface area contributed by atoms with Crippen LogP contribution in [0.25, 0.3) is 0 Å². The smallest absolute Gasteiger partial charge is 0.192 e. The summed E-state index contributed by atoms with van der Waals surface area (Å²) in [4.78, 5) is 0.306. The molecular weight excluding hydrogens is 733 g/mol. The Balaban J connectivity index is 1.62. The first-order valence-electron chi connectivity index (χ1n) is 20.3. The van der Waals surface area contributed by atoms with Crippen molar-refractivity contribution < 1.29 is 36.2 Å². The van der Waals surface area contributed by atoms with Gasteiger partial charge in [-0.25, -0.2) is 8.42 Å². The maximum atomic E-state index is 14.0. The van der Waals surface area contributed by atoms with E-state index in [1.54, 1.807) is 31.4 Å². The van der Waals surface area contributed by atoms with Crippen molar-refractivity contribution in [2.45, 2.75) is 184 Å². The molecule has 308 valence electrons. The third kappa shape index (κ3) is 11.3. The van der Waals surface area contributed by atoms with Crippen LogP contribution in [-0.4, -0.2) is 93.4 Å². The first kappa shape index (κ1) is 45.5. The fraction of sp³-hybridized carbons (Fsp3) is 0.767. The van der Waals surface area contributed by atoms with Gasteiger partial charge in [-0.05, 0) is 98.1 Å². The fourth-order valence-corrected chi connectivity index (χ4v) is 11.8. The molecule has 0 bridgehead atoms. The van der Waals surface area contributed by atoms with E-state index in [9.17, 15) is 8.42 Å². The lowest BCUT2D eigenvalue weighted by molar-refractivity contribution is -0.0780. The van der Waals surface area contributed by atoms with E-state index in [0.717, 1.165) is 36.8 Å². The number of rotatable bonds is 16. The molecule has 0 aromatic heterocycles. The van der Waals surface area contributed by atoms with Crippen LogP contribution in [0.3, 0.4) is 0 Å². The van der Waals surface area contributed by atoms with Crippen LogP contribution in [-0.2, 0) is 37.6 Å². The van der Waals surface area contributed by atoms with Crippen molar-refractivity contribution in [3.8, 4) is 0 Å². The highest BCUT2D eigenvalue weighted by Crippen LogP contribution is 2.43. The molecule has 0 amide bonds. The fourth-order valence-electron chi connectivity index (χ4n) is 7.71. The molecule has 0 spiro atoms. The van der Waals surface area contributed by atoms with E-state index in [1.165, 1.54) is 0 Å². The third-order valence-electron chi connectivity index (χ3n) is 13.2. The zero-order chi connectivity index (χ0) is 40.4. The lowest BCUT2D eigenvalue weighted by Gasteiger charge is -2.42. The van der Waals surface area contributed by atoms with Crippen LogP contribution in [0, 0.1) is 11.8 Å². The van der Waals surface area contributed by atoms with Gasteiger partial charge in [0.2, 0.25) is 0 Å². The highest BCUT2D eigenvalue weighted by atomic mass is 32.2. The molecule has 3 aliphatic rings. The van der Waals surface area contributed by atoms with Crippen LogP contribution in [0.4, 0.5) is 0 Å². The Labute approximate surface area is 331 Å². The first-order chi connectivity index (χ1) is 24.8. The number of hydrogen-bond donors (Lipinski definition) is 0. The summed E-state index contributed by atoms with van der Waals surface area (Å²) < 4.78 is 68.3. The molecule has 3 heterocycles. The maximum absolute atomic E-state index is 14.0. The normalized spacial score (nSPS) is 30.9. The minimum atomic E-state index is -3.66. The van der Waals surface area contributed by atoms with Crippen LogP contribution < -0.4 is 0 Å². The van der Waals surface area contributed by atoms with Crippen molar-refractivity contribution in [1.29, 1.82) is 0 Å². The van der Waals surface area contributed by atoms with E-state index < -0.39 is 50.7 Å². The van der Waals surface area contributed by atoms with Gasteiger partial charge >= 0.3 is 0 Å². The molecule has 11 heteroatoms. The number of sulfone groups is 1. The second-order valence-electron chi connectivity index (χ2n) is 19.5. The van der Waals surface area contributed by atoms with Crippen molar-refractivity contribution in [3.05, 3.63) is 54.6 Å². The Morgan fingerprint density at radius 3 is 2.06 bits per heavy atom. The van der Waals surface area contributed by atoms with E-state index in [4.69, 9.17) is 27.8 Å². The summed E-state index contributed by atoms with van der Waals surface area (Å²) in [5.74, 6) is -0.261. The van der Waals surface area contributed by atoms with Gasteiger partial charge in [0, 0.05) is 25.9 Å². The molecule has 4 rings (SSSR count). The second-order valence-corrected chi connectivity index (χ2v) is 31.1. The summed E-state index contributed by atoms with van der Waals surface area (Å²) in [5, 5.41) is 0.0406. The van der Waals surface area contributed by atoms with Crippen LogP contribution in [0.5, 0.6) is 0 Å². The van der Waals surface area contributed by atoms with Gasteiger partial charge in [0.1, 0.15) is 0 Å². The molecule has 10 atom stereocenters. The molecule has 1 aromatic carbocycles. The van der Waals surface area contributed by atoms with Crippen LogP contribution >= 0.6 is 0 Å². The molecule has 3 aliphatic heterocycles. The quantitative estimate of drug-likeness (QED) is 0.121. The van der Waals surface area contributed by atoms with Crippen LogP contribution in [0.1, 0.15) is 93.9 Å². The topological polar surface area (TPSA) is 89.5 Å². The first-order valence-corrected chi connectivity index (χ1v) is 27.8. The molecule has 0 N–H and O–H groups in total. The average molecular weight is 807 g/mol. The minimum Gasteiger partial charge on any atom is -0.414 e. The molecule has 3 unspecified atom stereocenters. The van der Waals surface area contributed by atoms with Gasteiger partial charge in [0.25, 0.3) is 0 Å². The Morgan fingerprint density at radius 2 is 1.50 bits per heavy atom. The predicted octanol–water partition coefficient (Wildman–Crippen LogP) is 9.91. The Hall–Kier alpha value is -1.16. The van der Waals surface area contributed by atoms with Crippen molar-refractivity contribution in [2.24, 2.45) is 11.8 Å². The number of benzene rings is 1. The van der Waals surface area contributed by atoms with Crippen LogP contribution in [0.15, 0.2) is 59.5 Å². The highest BCUT2D eigenvalue weighted by Gasteiger charge is 2.50. The molecule has 54 heavy (non-hydrogen) atoms. The minimum absolute atomic E-state index is 0.00443. The highest BCUT2D eigenvalue weighted by molar-refractivity contribution is 7.91. The van der Waals surface area contributed by atoms with Crippen molar-refractivity contribution in [3.63, 3.8) is 0 Å².